The zero-order valence-electron chi connectivity index (χ0n) is 20.6. The van der Waals surface area contributed by atoms with Crippen molar-refractivity contribution < 1.29 is 15.3 Å². The molecular formula is C28H46O3. The molecule has 0 saturated heterocycles. The molecule has 3 heteroatoms. The maximum Gasteiger partial charge on any atom is 0.0890 e. The van der Waals surface area contributed by atoms with E-state index in [1.807, 2.05) is 13.8 Å². The molecule has 31 heavy (non-hydrogen) atoms. The van der Waals surface area contributed by atoms with Crippen molar-refractivity contribution in [1.82, 2.24) is 0 Å². The molecule has 0 heterocycles. The van der Waals surface area contributed by atoms with Crippen LogP contribution in [0.3, 0.4) is 0 Å². The lowest BCUT2D eigenvalue weighted by molar-refractivity contribution is 0.0204. The molecular weight excluding hydrogens is 384 g/mol. The van der Waals surface area contributed by atoms with Gasteiger partial charge in [0.15, 0.2) is 0 Å². The van der Waals surface area contributed by atoms with Crippen molar-refractivity contribution in [2.75, 3.05) is 0 Å². The van der Waals surface area contributed by atoms with Crippen LogP contribution in [-0.2, 0) is 0 Å². The van der Waals surface area contributed by atoms with E-state index in [2.05, 4.69) is 32.6 Å². The van der Waals surface area contributed by atoms with E-state index in [1.165, 1.54) is 32.1 Å². The molecule has 6 atom stereocenters. The molecule has 3 N–H and O–H groups in total. The number of fused-ring (bicyclic) bond motifs is 1. The van der Waals surface area contributed by atoms with Gasteiger partial charge in [-0.3, -0.25) is 0 Å². The van der Waals surface area contributed by atoms with E-state index < -0.39 is 17.3 Å². The molecule has 0 aliphatic heterocycles. The average Bonchev–Trinajstić information content (AvgIpc) is 2.99. The fourth-order valence-electron chi connectivity index (χ4n) is 7.03. The summed E-state index contributed by atoms with van der Waals surface area (Å²) in [7, 11) is 0. The number of allylic oxidation sites excluding steroid dienone is 3. The number of hydrogen-bond acceptors (Lipinski definition) is 3. The van der Waals surface area contributed by atoms with Crippen LogP contribution in [0.25, 0.3) is 0 Å². The standard InChI is InChI=1S/C28H46O3/c1-19(9-7-15-26(3,4)30)24-13-14-25-21(10-8-16-27(24,25)5)11-12-22-17-23(29)18-28(6,31)20(22)2/h11-12,19,23-25,29-31H,2,7-10,13-18H2,1,3-6H3/t19-,23-,24+,25-,27+,28-/m0/s1. The summed E-state index contributed by atoms with van der Waals surface area (Å²) >= 11 is 0. The molecule has 3 nitrogen and oxygen atoms in total. The second kappa shape index (κ2) is 9.15. The molecule has 0 unspecified atom stereocenters. The third-order valence-corrected chi connectivity index (χ3v) is 8.80. The van der Waals surface area contributed by atoms with Crippen LogP contribution in [0, 0.1) is 23.2 Å². The Labute approximate surface area is 190 Å². The largest absolute Gasteiger partial charge is 0.393 e. The van der Waals surface area contributed by atoms with Gasteiger partial charge in [-0.15, -0.1) is 0 Å². The molecule has 0 bridgehead atoms. The quantitative estimate of drug-likeness (QED) is 0.477. The minimum atomic E-state index is -1.01. The summed E-state index contributed by atoms with van der Waals surface area (Å²) < 4.78 is 0. The van der Waals surface area contributed by atoms with Gasteiger partial charge >= 0.3 is 0 Å². The fourth-order valence-corrected chi connectivity index (χ4v) is 7.03. The first kappa shape index (κ1) is 24.7. The second-order valence-corrected chi connectivity index (χ2v) is 12.0. The molecule has 3 rings (SSSR count). The van der Waals surface area contributed by atoms with Crippen molar-refractivity contribution in [3.8, 4) is 0 Å². The van der Waals surface area contributed by atoms with Crippen molar-refractivity contribution in [2.45, 2.75) is 116 Å². The number of hydrogen-bond donors (Lipinski definition) is 3. The summed E-state index contributed by atoms with van der Waals surface area (Å²) in [6, 6.07) is 0. The third-order valence-electron chi connectivity index (χ3n) is 8.80. The van der Waals surface area contributed by atoms with Crippen molar-refractivity contribution >= 4 is 0 Å². The van der Waals surface area contributed by atoms with Crippen LogP contribution < -0.4 is 0 Å². The molecule has 0 aromatic carbocycles. The Balaban J connectivity index is 1.72. The number of aliphatic hydroxyl groups is 3. The predicted octanol–water partition coefficient (Wildman–Crippen LogP) is 6.09. The van der Waals surface area contributed by atoms with Crippen molar-refractivity contribution in [3.05, 3.63) is 35.5 Å². The SMILES string of the molecule is C=C1C(=CC=C2CCC[C@]3(C)[C@@H]([C@@H](C)CCCC(C)(C)O)CC[C@@H]23)C[C@H](O)C[C@]1(C)O. The van der Waals surface area contributed by atoms with E-state index in [1.54, 1.807) is 12.5 Å². The first-order chi connectivity index (χ1) is 14.3. The molecule has 3 aliphatic rings. The lowest BCUT2D eigenvalue weighted by Crippen LogP contribution is -2.37. The highest BCUT2D eigenvalue weighted by molar-refractivity contribution is 5.41. The monoisotopic (exact) mass is 430 g/mol. The Bertz CT molecular complexity index is 723. The molecule has 3 aliphatic carbocycles. The van der Waals surface area contributed by atoms with Crippen LogP contribution >= 0.6 is 0 Å². The van der Waals surface area contributed by atoms with E-state index >= 15 is 0 Å². The minimum absolute atomic E-state index is 0.366. The lowest BCUT2D eigenvalue weighted by atomic mass is 9.60. The Morgan fingerprint density at radius 2 is 1.94 bits per heavy atom. The van der Waals surface area contributed by atoms with E-state index in [-0.39, 0.29) is 0 Å². The first-order valence-corrected chi connectivity index (χ1v) is 12.6. The molecule has 0 spiro atoms. The Hall–Kier alpha value is -0.900. The van der Waals surface area contributed by atoms with Gasteiger partial charge in [0.2, 0.25) is 0 Å². The molecule has 0 amide bonds. The Morgan fingerprint density at radius 1 is 1.23 bits per heavy atom. The van der Waals surface area contributed by atoms with Crippen molar-refractivity contribution in [1.29, 1.82) is 0 Å². The molecule has 3 fully saturated rings. The molecule has 0 radical (unpaired) electrons. The van der Waals surface area contributed by atoms with Crippen LogP contribution in [0.4, 0.5) is 0 Å². The minimum Gasteiger partial charge on any atom is -0.393 e. The molecule has 176 valence electrons. The van der Waals surface area contributed by atoms with Gasteiger partial charge in [-0.25, -0.2) is 0 Å². The highest BCUT2D eigenvalue weighted by Gasteiger charge is 2.50. The summed E-state index contributed by atoms with van der Waals surface area (Å²) in [5.41, 5.74) is 2.11. The molecule has 3 saturated carbocycles. The van der Waals surface area contributed by atoms with Crippen molar-refractivity contribution in [3.63, 3.8) is 0 Å². The van der Waals surface area contributed by atoms with Crippen LogP contribution in [0.15, 0.2) is 35.5 Å². The van der Waals surface area contributed by atoms with Crippen LogP contribution in [0.5, 0.6) is 0 Å². The van der Waals surface area contributed by atoms with Crippen molar-refractivity contribution in [2.24, 2.45) is 23.2 Å². The van der Waals surface area contributed by atoms with Crippen LogP contribution in [0.2, 0.25) is 0 Å². The van der Waals surface area contributed by atoms with Gasteiger partial charge in [0, 0.05) is 6.42 Å². The van der Waals surface area contributed by atoms with E-state index in [0.717, 1.165) is 36.3 Å². The topological polar surface area (TPSA) is 60.7 Å². The zero-order chi connectivity index (χ0) is 23.0. The summed E-state index contributed by atoms with van der Waals surface area (Å²) in [5, 5.41) is 30.8. The smallest absolute Gasteiger partial charge is 0.0890 e. The summed E-state index contributed by atoms with van der Waals surface area (Å²) in [6.07, 6.45) is 14.4. The second-order valence-electron chi connectivity index (χ2n) is 12.0. The molecule has 0 aromatic heterocycles. The first-order valence-electron chi connectivity index (χ1n) is 12.6. The van der Waals surface area contributed by atoms with Gasteiger partial charge in [0.05, 0.1) is 17.3 Å². The van der Waals surface area contributed by atoms with Gasteiger partial charge < -0.3 is 15.3 Å². The van der Waals surface area contributed by atoms with Gasteiger partial charge in [0.25, 0.3) is 0 Å². The Kier molecular flexibility index (Phi) is 7.30. The van der Waals surface area contributed by atoms with Crippen LogP contribution in [-0.4, -0.2) is 32.6 Å². The highest BCUT2D eigenvalue weighted by atomic mass is 16.3. The van der Waals surface area contributed by atoms with E-state index in [4.69, 9.17) is 0 Å². The molecule has 0 aromatic rings. The summed E-state index contributed by atoms with van der Waals surface area (Å²) in [6.45, 7) is 14.7. The fraction of sp³-hybridized carbons (Fsp3) is 0.786. The summed E-state index contributed by atoms with van der Waals surface area (Å²) in [5.74, 6) is 2.09. The zero-order valence-corrected chi connectivity index (χ0v) is 20.6. The van der Waals surface area contributed by atoms with Gasteiger partial charge in [-0.2, -0.15) is 0 Å². The Morgan fingerprint density at radius 3 is 2.61 bits per heavy atom. The predicted molar refractivity (Wildman–Crippen MR) is 129 cm³/mol. The average molecular weight is 431 g/mol. The maximum absolute atomic E-state index is 10.6. The highest BCUT2D eigenvalue weighted by Crippen LogP contribution is 2.60. The maximum atomic E-state index is 10.6. The third kappa shape index (κ3) is 5.54. The number of rotatable bonds is 6. The van der Waals surface area contributed by atoms with E-state index in [0.29, 0.717) is 30.1 Å². The van der Waals surface area contributed by atoms with E-state index in [9.17, 15) is 15.3 Å². The van der Waals surface area contributed by atoms with Gasteiger partial charge in [0.1, 0.15) is 0 Å². The number of aliphatic hydroxyl groups excluding tert-OH is 1. The summed E-state index contributed by atoms with van der Waals surface area (Å²) in [4.78, 5) is 0. The normalized spacial score (nSPS) is 40.4. The van der Waals surface area contributed by atoms with Crippen LogP contribution in [0.1, 0.15) is 98.8 Å². The van der Waals surface area contributed by atoms with Gasteiger partial charge in [-0.05, 0) is 100 Å². The van der Waals surface area contributed by atoms with Gasteiger partial charge in [-0.1, -0.05) is 51.0 Å². The lowest BCUT2D eigenvalue weighted by Gasteiger charge is -2.44.